The average Bonchev–Trinajstić information content (AvgIpc) is 3.58. The first kappa shape index (κ1) is 24.8. The number of ether oxygens (including phenoxy) is 4. The predicted molar refractivity (Wildman–Crippen MR) is 140 cm³/mol. The Balaban J connectivity index is 1.42. The second-order valence-corrected chi connectivity index (χ2v) is 9.92. The van der Waals surface area contributed by atoms with Crippen LogP contribution in [0.5, 0.6) is 23.0 Å². The standard InChI is InChI=1S/C26H29N5O5S/c1-33-20-12-18-22(13-21(20)34-2)37-24(25(32)27-26-28-30-31-29-26)23(18)36-15-17-10-6-7-11-19(17)35-14-16-8-4-3-5-9-16/h6-7,10-13,16H,3-5,8-9,14-15H2,1-2H3,(H2,27,28,29,30,31,32). The van der Waals surface area contributed by atoms with Gasteiger partial charge in [0.2, 0.25) is 0 Å². The minimum Gasteiger partial charge on any atom is -0.493 e. The van der Waals surface area contributed by atoms with E-state index in [9.17, 15) is 4.79 Å². The van der Waals surface area contributed by atoms with Gasteiger partial charge >= 0.3 is 0 Å². The molecule has 10 nitrogen and oxygen atoms in total. The number of amides is 1. The molecular formula is C26H29N5O5S. The molecule has 2 N–H and O–H groups in total. The summed E-state index contributed by atoms with van der Waals surface area (Å²) in [5.74, 6) is 2.59. The van der Waals surface area contributed by atoms with Crippen LogP contribution in [0.4, 0.5) is 5.95 Å². The Morgan fingerprint density at radius 2 is 1.84 bits per heavy atom. The zero-order chi connectivity index (χ0) is 25.6. The van der Waals surface area contributed by atoms with Crippen molar-refractivity contribution in [2.45, 2.75) is 38.7 Å². The van der Waals surface area contributed by atoms with E-state index in [1.54, 1.807) is 14.2 Å². The van der Waals surface area contributed by atoms with E-state index in [-0.39, 0.29) is 12.6 Å². The third-order valence-corrected chi connectivity index (χ3v) is 7.60. The molecule has 0 unspecified atom stereocenters. The Hall–Kier alpha value is -3.86. The second-order valence-electron chi connectivity index (χ2n) is 8.86. The summed E-state index contributed by atoms with van der Waals surface area (Å²) in [5, 5.41) is 16.8. The normalized spacial score (nSPS) is 13.9. The Labute approximate surface area is 218 Å². The fraction of sp³-hybridized carbons (Fsp3) is 0.385. The van der Waals surface area contributed by atoms with E-state index in [1.807, 2.05) is 36.4 Å². The summed E-state index contributed by atoms with van der Waals surface area (Å²) in [4.78, 5) is 13.5. The van der Waals surface area contributed by atoms with Gasteiger partial charge < -0.3 is 18.9 Å². The van der Waals surface area contributed by atoms with Gasteiger partial charge in [0.1, 0.15) is 17.2 Å². The molecule has 11 heteroatoms. The zero-order valence-corrected chi connectivity index (χ0v) is 21.6. The molecule has 5 rings (SSSR count). The molecule has 37 heavy (non-hydrogen) atoms. The number of aromatic amines is 1. The number of hydrogen-bond donors (Lipinski definition) is 2. The lowest BCUT2D eigenvalue weighted by Crippen LogP contribution is -2.16. The van der Waals surface area contributed by atoms with Crippen molar-refractivity contribution in [1.82, 2.24) is 20.6 Å². The fourth-order valence-electron chi connectivity index (χ4n) is 4.54. The monoisotopic (exact) mass is 523 g/mol. The number of thiophene rings is 1. The molecule has 0 saturated heterocycles. The summed E-state index contributed by atoms with van der Waals surface area (Å²) in [7, 11) is 3.14. The Morgan fingerprint density at radius 1 is 1.05 bits per heavy atom. The van der Waals surface area contributed by atoms with Gasteiger partial charge in [-0.2, -0.15) is 5.21 Å². The Kier molecular flexibility index (Phi) is 7.69. The van der Waals surface area contributed by atoms with Crippen LogP contribution in [-0.4, -0.2) is 47.4 Å². The maximum Gasteiger partial charge on any atom is 0.272 e. The highest BCUT2D eigenvalue weighted by atomic mass is 32.1. The summed E-state index contributed by atoms with van der Waals surface area (Å²) in [5.41, 5.74) is 0.905. The number of benzene rings is 2. The third kappa shape index (κ3) is 5.61. The highest BCUT2D eigenvalue weighted by molar-refractivity contribution is 7.21. The number of tetrazole rings is 1. The number of carbonyl (C=O) groups is 1. The summed E-state index contributed by atoms with van der Waals surface area (Å²) < 4.78 is 24.3. The van der Waals surface area contributed by atoms with Crippen molar-refractivity contribution in [2.75, 3.05) is 26.1 Å². The molecule has 194 valence electrons. The molecule has 1 aliphatic carbocycles. The van der Waals surface area contributed by atoms with Gasteiger partial charge in [-0.15, -0.1) is 16.4 Å². The molecule has 0 bridgehead atoms. The zero-order valence-electron chi connectivity index (χ0n) is 20.8. The minimum atomic E-state index is -0.405. The minimum absolute atomic E-state index is 0.0741. The second kappa shape index (κ2) is 11.5. The number of hydrogen-bond acceptors (Lipinski definition) is 9. The average molecular weight is 524 g/mol. The number of methoxy groups -OCH3 is 2. The van der Waals surface area contributed by atoms with E-state index < -0.39 is 5.91 Å². The van der Waals surface area contributed by atoms with Gasteiger partial charge in [0.15, 0.2) is 17.2 Å². The van der Waals surface area contributed by atoms with Gasteiger partial charge in [-0.05, 0) is 36.1 Å². The molecule has 0 spiro atoms. The van der Waals surface area contributed by atoms with Crippen LogP contribution >= 0.6 is 11.3 Å². The van der Waals surface area contributed by atoms with E-state index in [4.69, 9.17) is 18.9 Å². The predicted octanol–water partition coefficient (Wildman–Crippen LogP) is 5.22. The summed E-state index contributed by atoms with van der Waals surface area (Å²) in [6, 6.07) is 11.5. The van der Waals surface area contributed by atoms with Crippen molar-refractivity contribution in [2.24, 2.45) is 5.92 Å². The first-order valence-electron chi connectivity index (χ1n) is 12.2. The van der Waals surface area contributed by atoms with E-state index in [1.165, 1.54) is 43.4 Å². The van der Waals surface area contributed by atoms with Gasteiger partial charge in [0.05, 0.1) is 20.8 Å². The van der Waals surface area contributed by atoms with Gasteiger partial charge in [-0.25, -0.2) is 0 Å². The number of carbonyl (C=O) groups excluding carboxylic acids is 1. The number of H-pyrrole nitrogens is 1. The lowest BCUT2D eigenvalue weighted by atomic mass is 9.90. The molecule has 2 aromatic heterocycles. The van der Waals surface area contributed by atoms with Crippen molar-refractivity contribution < 1.29 is 23.7 Å². The van der Waals surface area contributed by atoms with Crippen LogP contribution in [0.15, 0.2) is 36.4 Å². The lowest BCUT2D eigenvalue weighted by Gasteiger charge is -2.22. The SMILES string of the molecule is COc1cc2sc(C(=O)Nc3nn[nH]n3)c(OCc3ccccc3OCC3CCCCC3)c2cc1OC. The first-order valence-corrected chi connectivity index (χ1v) is 13.0. The van der Waals surface area contributed by atoms with Crippen molar-refractivity contribution in [1.29, 1.82) is 0 Å². The van der Waals surface area contributed by atoms with Gasteiger partial charge in [0.25, 0.3) is 11.9 Å². The maximum absolute atomic E-state index is 13.2. The van der Waals surface area contributed by atoms with Crippen LogP contribution in [0, 0.1) is 5.92 Å². The molecule has 1 aliphatic rings. The Bertz CT molecular complexity index is 1350. The molecule has 2 heterocycles. The number of aromatic nitrogens is 4. The van der Waals surface area contributed by atoms with Crippen molar-refractivity contribution in [3.8, 4) is 23.0 Å². The maximum atomic E-state index is 13.2. The topological polar surface area (TPSA) is 120 Å². The van der Waals surface area contributed by atoms with Crippen LogP contribution in [0.3, 0.4) is 0 Å². The molecule has 0 aliphatic heterocycles. The van der Waals surface area contributed by atoms with E-state index in [0.29, 0.717) is 34.7 Å². The number of para-hydroxylation sites is 1. The van der Waals surface area contributed by atoms with Crippen LogP contribution in [0.1, 0.15) is 47.3 Å². The highest BCUT2D eigenvalue weighted by Gasteiger charge is 2.24. The lowest BCUT2D eigenvalue weighted by molar-refractivity contribution is 0.102. The fourth-order valence-corrected chi connectivity index (χ4v) is 5.59. The number of nitrogens with zero attached hydrogens (tertiary/aromatic N) is 3. The number of rotatable bonds is 10. The quantitative estimate of drug-likeness (QED) is 0.290. The van der Waals surface area contributed by atoms with Gasteiger partial charge in [-0.1, -0.05) is 42.6 Å². The molecule has 1 amide bonds. The van der Waals surface area contributed by atoms with Crippen molar-refractivity contribution in [3.05, 3.63) is 46.8 Å². The highest BCUT2D eigenvalue weighted by Crippen LogP contribution is 2.44. The molecule has 4 aromatic rings. The van der Waals surface area contributed by atoms with Gasteiger partial charge in [-0.3, -0.25) is 10.1 Å². The van der Waals surface area contributed by atoms with Crippen LogP contribution in [-0.2, 0) is 6.61 Å². The van der Waals surface area contributed by atoms with E-state index in [2.05, 4.69) is 25.9 Å². The Morgan fingerprint density at radius 3 is 2.59 bits per heavy atom. The summed E-state index contributed by atoms with van der Waals surface area (Å²) >= 11 is 1.28. The molecule has 0 atom stereocenters. The van der Waals surface area contributed by atoms with Crippen molar-refractivity contribution >= 4 is 33.3 Å². The molecule has 1 fully saturated rings. The van der Waals surface area contributed by atoms with Crippen LogP contribution in [0.25, 0.3) is 10.1 Å². The summed E-state index contributed by atoms with van der Waals surface area (Å²) in [6.45, 7) is 0.928. The molecule has 0 radical (unpaired) electrons. The van der Waals surface area contributed by atoms with Crippen LogP contribution < -0.4 is 24.3 Å². The van der Waals surface area contributed by atoms with Crippen LogP contribution in [0.2, 0.25) is 0 Å². The molecule has 2 aromatic carbocycles. The summed E-state index contributed by atoms with van der Waals surface area (Å²) in [6.07, 6.45) is 6.28. The first-order chi connectivity index (χ1) is 18.2. The number of nitrogens with one attached hydrogen (secondary N) is 2. The van der Waals surface area contributed by atoms with E-state index >= 15 is 0 Å². The third-order valence-electron chi connectivity index (χ3n) is 6.47. The smallest absolute Gasteiger partial charge is 0.272 e. The number of fused-ring (bicyclic) bond motifs is 1. The van der Waals surface area contributed by atoms with Gasteiger partial charge in [0, 0.05) is 21.7 Å². The van der Waals surface area contributed by atoms with E-state index in [0.717, 1.165) is 21.4 Å². The largest absolute Gasteiger partial charge is 0.493 e. The van der Waals surface area contributed by atoms with Crippen molar-refractivity contribution in [3.63, 3.8) is 0 Å². The number of anilines is 1. The molecule has 1 saturated carbocycles. The molecular weight excluding hydrogens is 494 g/mol.